The zero-order chi connectivity index (χ0) is 25.5. The molecule has 186 valence electrons. The summed E-state index contributed by atoms with van der Waals surface area (Å²) in [6.07, 6.45) is 1.97. The minimum absolute atomic E-state index is 0.113. The van der Waals surface area contributed by atoms with Crippen LogP contribution in [0.2, 0.25) is 5.02 Å². The lowest BCUT2D eigenvalue weighted by molar-refractivity contribution is -0.131. The minimum atomic E-state index is -0.702. The smallest absolute Gasteiger partial charge is 0.258 e. The molecule has 0 fully saturated rings. The number of para-hydroxylation sites is 2. The van der Waals surface area contributed by atoms with Crippen LogP contribution in [0.1, 0.15) is 30.9 Å². The number of nitrogens with one attached hydrogen (secondary N) is 3. The van der Waals surface area contributed by atoms with Gasteiger partial charge in [-0.05, 0) is 41.3 Å². The van der Waals surface area contributed by atoms with Crippen LogP contribution in [-0.4, -0.2) is 36.0 Å². The van der Waals surface area contributed by atoms with Gasteiger partial charge < -0.3 is 20.4 Å². The number of amides is 2. The predicted molar refractivity (Wildman–Crippen MR) is 143 cm³/mol. The summed E-state index contributed by atoms with van der Waals surface area (Å²) in [5, 5.41) is 7.58. The number of hydrogen-bond acceptors (Lipinski definition) is 3. The van der Waals surface area contributed by atoms with Gasteiger partial charge in [0.1, 0.15) is 11.8 Å². The monoisotopic (exact) mass is 503 g/mol. The minimum Gasteiger partial charge on any atom is -0.484 e. The van der Waals surface area contributed by atoms with E-state index in [1.165, 1.54) is 0 Å². The Balaban J connectivity index is 1.48. The number of carbonyl (C=O) groups is 2. The molecule has 6 nitrogen and oxygen atoms in total. The molecular weight excluding hydrogens is 474 g/mol. The third kappa shape index (κ3) is 6.07. The van der Waals surface area contributed by atoms with Gasteiger partial charge in [-0.15, -0.1) is 0 Å². The van der Waals surface area contributed by atoms with Crippen molar-refractivity contribution in [3.63, 3.8) is 0 Å². The molecule has 3 aromatic carbocycles. The average molecular weight is 504 g/mol. The Morgan fingerprint density at radius 1 is 0.917 bits per heavy atom. The van der Waals surface area contributed by atoms with Crippen LogP contribution in [0, 0.1) is 5.92 Å². The number of fused-ring (bicyclic) bond motifs is 1. The lowest BCUT2D eigenvalue weighted by Gasteiger charge is -2.24. The maximum Gasteiger partial charge on any atom is 0.258 e. The summed E-state index contributed by atoms with van der Waals surface area (Å²) in [7, 11) is 0. The SMILES string of the molecule is CC(C)[C@@H](NC(=O)COc1ccccc1)C(=O)NC[C@@H](c1ccccc1Cl)c1c[nH]c2ccccc12. The van der Waals surface area contributed by atoms with Crippen molar-refractivity contribution >= 4 is 34.3 Å². The maximum atomic E-state index is 13.2. The van der Waals surface area contributed by atoms with E-state index in [0.29, 0.717) is 17.3 Å². The van der Waals surface area contributed by atoms with Gasteiger partial charge in [0, 0.05) is 34.6 Å². The highest BCUT2D eigenvalue weighted by Gasteiger charge is 2.27. The summed E-state index contributed by atoms with van der Waals surface area (Å²) in [5.41, 5.74) is 2.98. The van der Waals surface area contributed by atoms with Gasteiger partial charge in [-0.25, -0.2) is 0 Å². The second-order valence-electron chi connectivity index (χ2n) is 9.00. The van der Waals surface area contributed by atoms with Crippen LogP contribution in [0.3, 0.4) is 0 Å². The van der Waals surface area contributed by atoms with Gasteiger partial charge in [-0.2, -0.15) is 0 Å². The molecule has 0 radical (unpaired) electrons. The third-order valence-electron chi connectivity index (χ3n) is 6.14. The molecule has 36 heavy (non-hydrogen) atoms. The molecule has 4 aromatic rings. The predicted octanol–water partition coefficient (Wildman–Crippen LogP) is 5.29. The van der Waals surface area contributed by atoms with Gasteiger partial charge in [-0.3, -0.25) is 9.59 Å². The fourth-order valence-corrected chi connectivity index (χ4v) is 4.52. The summed E-state index contributed by atoms with van der Waals surface area (Å²) in [5.74, 6) is -0.303. The second kappa shape index (κ2) is 11.8. The van der Waals surface area contributed by atoms with Crippen molar-refractivity contribution in [2.75, 3.05) is 13.2 Å². The molecule has 2 amide bonds. The van der Waals surface area contributed by atoms with Crippen LogP contribution < -0.4 is 15.4 Å². The highest BCUT2D eigenvalue weighted by atomic mass is 35.5. The Bertz CT molecular complexity index is 1320. The second-order valence-corrected chi connectivity index (χ2v) is 9.41. The van der Waals surface area contributed by atoms with E-state index in [1.54, 1.807) is 12.1 Å². The van der Waals surface area contributed by atoms with Crippen molar-refractivity contribution in [1.29, 1.82) is 0 Å². The fraction of sp³-hybridized carbons (Fsp3) is 0.241. The van der Waals surface area contributed by atoms with Crippen molar-refractivity contribution in [3.05, 3.63) is 101 Å². The molecule has 7 heteroatoms. The number of aromatic nitrogens is 1. The third-order valence-corrected chi connectivity index (χ3v) is 6.48. The lowest BCUT2D eigenvalue weighted by atomic mass is 9.90. The standard InChI is InChI=1S/C29H30ClN3O3/c1-19(2)28(33-27(34)18-36-20-10-4-3-5-11-20)29(35)32-17-23(21-12-6-8-14-25(21)30)24-16-31-26-15-9-7-13-22(24)26/h3-16,19,23,28,31H,17-18H2,1-2H3,(H,32,35)(H,33,34)/t23-,28+/m0/s1. The first-order chi connectivity index (χ1) is 17.4. The highest BCUT2D eigenvalue weighted by Crippen LogP contribution is 2.34. The Hall–Kier alpha value is -3.77. The molecule has 0 saturated heterocycles. The van der Waals surface area contributed by atoms with Crippen LogP contribution in [0.25, 0.3) is 10.9 Å². The number of H-pyrrole nitrogens is 1. The van der Waals surface area contributed by atoms with Crippen molar-refractivity contribution in [3.8, 4) is 5.75 Å². The molecule has 1 heterocycles. The zero-order valence-corrected chi connectivity index (χ0v) is 21.1. The van der Waals surface area contributed by atoms with E-state index < -0.39 is 6.04 Å². The largest absolute Gasteiger partial charge is 0.484 e. The molecule has 0 aliphatic carbocycles. The first-order valence-electron chi connectivity index (χ1n) is 12.0. The van der Waals surface area contributed by atoms with Crippen molar-refractivity contribution in [2.24, 2.45) is 5.92 Å². The Morgan fingerprint density at radius 2 is 1.61 bits per heavy atom. The quantitative estimate of drug-likeness (QED) is 0.275. The summed E-state index contributed by atoms with van der Waals surface area (Å²) in [6.45, 7) is 3.95. The van der Waals surface area contributed by atoms with E-state index >= 15 is 0 Å². The highest BCUT2D eigenvalue weighted by molar-refractivity contribution is 6.31. The van der Waals surface area contributed by atoms with Crippen molar-refractivity contribution in [2.45, 2.75) is 25.8 Å². The average Bonchev–Trinajstić information content (AvgIpc) is 3.31. The van der Waals surface area contributed by atoms with Crippen LogP contribution in [0.15, 0.2) is 85.1 Å². The van der Waals surface area contributed by atoms with E-state index in [-0.39, 0.29) is 30.3 Å². The van der Waals surface area contributed by atoms with Crippen LogP contribution in [0.4, 0.5) is 0 Å². The molecule has 0 spiro atoms. The molecule has 0 saturated carbocycles. The van der Waals surface area contributed by atoms with E-state index in [4.69, 9.17) is 16.3 Å². The van der Waals surface area contributed by atoms with Crippen LogP contribution >= 0.6 is 11.6 Å². The van der Waals surface area contributed by atoms with E-state index in [2.05, 4.69) is 21.7 Å². The maximum absolute atomic E-state index is 13.2. The van der Waals surface area contributed by atoms with Crippen LogP contribution in [0.5, 0.6) is 5.75 Å². The van der Waals surface area contributed by atoms with Gasteiger partial charge >= 0.3 is 0 Å². The molecule has 0 unspecified atom stereocenters. The van der Waals surface area contributed by atoms with Gasteiger partial charge in [0.15, 0.2) is 6.61 Å². The number of carbonyl (C=O) groups excluding carboxylic acids is 2. The topological polar surface area (TPSA) is 83.2 Å². The van der Waals surface area contributed by atoms with E-state index in [9.17, 15) is 9.59 Å². The Morgan fingerprint density at radius 3 is 2.36 bits per heavy atom. The normalized spacial score (nSPS) is 12.8. The molecule has 3 N–H and O–H groups in total. The van der Waals surface area contributed by atoms with Gasteiger partial charge in [0.05, 0.1) is 0 Å². The molecule has 0 bridgehead atoms. The number of halogens is 1. The number of ether oxygens (including phenoxy) is 1. The molecular formula is C29H30ClN3O3. The summed E-state index contributed by atoms with van der Waals surface area (Å²) >= 11 is 6.58. The van der Waals surface area contributed by atoms with Gasteiger partial charge in [0.25, 0.3) is 5.91 Å². The molecule has 0 aliphatic rings. The summed E-state index contributed by atoms with van der Waals surface area (Å²) < 4.78 is 5.53. The number of aromatic amines is 1. The Kier molecular flexibility index (Phi) is 8.28. The van der Waals surface area contributed by atoms with E-state index in [1.807, 2.05) is 80.7 Å². The molecule has 2 atom stereocenters. The van der Waals surface area contributed by atoms with E-state index in [0.717, 1.165) is 22.0 Å². The lowest BCUT2D eigenvalue weighted by Crippen LogP contribution is -2.51. The van der Waals surface area contributed by atoms with Gasteiger partial charge in [-0.1, -0.05) is 80.0 Å². The van der Waals surface area contributed by atoms with Crippen LogP contribution in [-0.2, 0) is 9.59 Å². The Labute approximate surface area is 216 Å². The van der Waals surface area contributed by atoms with Gasteiger partial charge in [0.2, 0.25) is 5.91 Å². The number of hydrogen-bond donors (Lipinski definition) is 3. The summed E-state index contributed by atoms with van der Waals surface area (Å²) in [6, 6.07) is 24.1. The number of benzene rings is 3. The summed E-state index contributed by atoms with van der Waals surface area (Å²) in [4.78, 5) is 29.1. The molecule has 0 aliphatic heterocycles. The molecule has 1 aromatic heterocycles. The molecule has 4 rings (SSSR count). The zero-order valence-electron chi connectivity index (χ0n) is 20.3. The first-order valence-corrected chi connectivity index (χ1v) is 12.4. The number of rotatable bonds is 10. The van der Waals surface area contributed by atoms with Crippen molar-refractivity contribution in [1.82, 2.24) is 15.6 Å². The van der Waals surface area contributed by atoms with Crippen molar-refractivity contribution < 1.29 is 14.3 Å². The fourth-order valence-electron chi connectivity index (χ4n) is 4.26. The first kappa shape index (κ1) is 25.3.